The van der Waals surface area contributed by atoms with Gasteiger partial charge in [0.25, 0.3) is 0 Å². The van der Waals surface area contributed by atoms with E-state index in [1.165, 1.54) is 24.7 Å². The molecule has 37 heavy (non-hydrogen) atoms. The summed E-state index contributed by atoms with van der Waals surface area (Å²) in [4.78, 5) is 24.3. The molecule has 1 aromatic heterocycles. The lowest BCUT2D eigenvalue weighted by Gasteiger charge is -2.35. The highest BCUT2D eigenvalue weighted by Crippen LogP contribution is 2.36. The molecule has 2 fully saturated rings. The van der Waals surface area contributed by atoms with Crippen molar-refractivity contribution in [2.75, 3.05) is 38.5 Å². The topological polar surface area (TPSA) is 104 Å². The predicted octanol–water partition coefficient (Wildman–Crippen LogP) is 3.32. The molecule has 0 unspecified atom stereocenters. The van der Waals surface area contributed by atoms with E-state index in [1.54, 1.807) is 12.1 Å². The van der Waals surface area contributed by atoms with Crippen molar-refractivity contribution in [3.05, 3.63) is 54.2 Å². The van der Waals surface area contributed by atoms with Gasteiger partial charge in [-0.25, -0.2) is 17.8 Å². The third-order valence-electron chi connectivity index (χ3n) is 7.88. The molecule has 2 aliphatic heterocycles. The van der Waals surface area contributed by atoms with Gasteiger partial charge in [-0.05, 0) is 67.8 Å². The van der Waals surface area contributed by atoms with Gasteiger partial charge in [0.15, 0.2) is 14.9 Å². The van der Waals surface area contributed by atoms with E-state index in [2.05, 4.69) is 19.8 Å². The molecule has 0 amide bonds. The summed E-state index contributed by atoms with van der Waals surface area (Å²) in [6, 6.07) is 6.12. The summed E-state index contributed by atoms with van der Waals surface area (Å²) in [5.74, 6) is -0.461. The normalized spacial score (nSPS) is 22.9. The number of sulfone groups is 1. The third-order valence-corrected chi connectivity index (χ3v) is 9.50. The Hall–Kier alpha value is -2.43. The lowest BCUT2D eigenvalue weighted by molar-refractivity contribution is -0.144. The van der Waals surface area contributed by atoms with Crippen molar-refractivity contribution >= 4 is 15.8 Å². The number of aliphatic carboxylic acids is 1. The van der Waals surface area contributed by atoms with E-state index in [0.717, 1.165) is 38.0 Å². The van der Waals surface area contributed by atoms with Crippen molar-refractivity contribution in [2.45, 2.75) is 50.1 Å². The Labute approximate surface area is 218 Å². The van der Waals surface area contributed by atoms with Gasteiger partial charge in [-0.1, -0.05) is 26.0 Å². The van der Waals surface area contributed by atoms with E-state index in [1.807, 2.05) is 19.9 Å². The Morgan fingerprint density at radius 1 is 1.19 bits per heavy atom. The molecule has 2 aromatic rings. The van der Waals surface area contributed by atoms with Crippen LogP contribution in [0.1, 0.15) is 44.6 Å². The van der Waals surface area contributed by atoms with Gasteiger partial charge in [0.1, 0.15) is 11.9 Å². The van der Waals surface area contributed by atoms with Crippen LogP contribution in [-0.2, 0) is 14.6 Å². The maximum absolute atomic E-state index is 14.1. The largest absolute Gasteiger partial charge is 0.480 e. The number of rotatable bonds is 10. The first kappa shape index (κ1) is 27.6. The van der Waals surface area contributed by atoms with Gasteiger partial charge >= 0.3 is 5.97 Å². The number of hydrogen-bond acceptors (Lipinski definition) is 7. The number of aromatic nitrogens is 2. The molecule has 0 aliphatic carbocycles. The van der Waals surface area contributed by atoms with Crippen LogP contribution in [-0.4, -0.2) is 83.8 Å². The summed E-state index contributed by atoms with van der Waals surface area (Å²) in [6.45, 7) is 7.67. The minimum atomic E-state index is -3.43. The molecule has 8 nitrogen and oxygen atoms in total. The summed E-state index contributed by atoms with van der Waals surface area (Å²) in [5.41, 5.74) is 0.921. The molecule has 2 saturated heterocycles. The molecule has 0 saturated carbocycles. The van der Waals surface area contributed by atoms with Gasteiger partial charge in [0.2, 0.25) is 0 Å². The average molecular weight is 533 g/mol. The second-order valence-electron chi connectivity index (χ2n) is 10.8. The van der Waals surface area contributed by atoms with Crippen LogP contribution in [0.5, 0.6) is 0 Å². The van der Waals surface area contributed by atoms with Gasteiger partial charge in [-0.2, -0.15) is 0 Å². The van der Waals surface area contributed by atoms with Crippen LogP contribution in [0.15, 0.2) is 47.9 Å². The number of hydrogen-bond donors (Lipinski definition) is 1. The van der Waals surface area contributed by atoms with Gasteiger partial charge in [0.05, 0.1) is 11.9 Å². The zero-order valence-electron chi connectivity index (χ0n) is 21.5. The molecule has 1 N–H and O–H groups in total. The van der Waals surface area contributed by atoms with E-state index in [9.17, 15) is 22.7 Å². The van der Waals surface area contributed by atoms with E-state index >= 15 is 0 Å². The molecule has 10 heteroatoms. The quantitative estimate of drug-likeness (QED) is 0.497. The molecule has 1 aromatic carbocycles. The van der Waals surface area contributed by atoms with Crippen LogP contribution in [0.3, 0.4) is 0 Å². The zero-order valence-corrected chi connectivity index (χ0v) is 22.4. The van der Waals surface area contributed by atoms with Crippen LogP contribution < -0.4 is 0 Å². The molecular weight excluding hydrogens is 495 g/mol. The Bertz CT molecular complexity index is 1160. The van der Waals surface area contributed by atoms with E-state index in [-0.39, 0.29) is 34.3 Å². The number of likely N-dealkylation sites (tertiary alicyclic amines) is 2. The van der Waals surface area contributed by atoms with Gasteiger partial charge in [-0.3, -0.25) is 14.7 Å². The van der Waals surface area contributed by atoms with E-state index in [4.69, 9.17) is 0 Å². The highest BCUT2D eigenvalue weighted by atomic mass is 32.2. The number of carbonyl (C=O) groups is 1. The number of nitrogens with zero attached hydrogens (tertiary/aromatic N) is 4. The van der Waals surface area contributed by atoms with Crippen LogP contribution >= 0.6 is 0 Å². The molecular formula is C27H37FN4O4S. The molecule has 202 valence electrons. The zero-order chi connectivity index (χ0) is 26.6. The van der Waals surface area contributed by atoms with E-state index < -0.39 is 21.8 Å². The highest BCUT2D eigenvalue weighted by molar-refractivity contribution is 7.91. The molecule has 3 heterocycles. The first-order chi connectivity index (χ1) is 17.6. The first-order valence-corrected chi connectivity index (χ1v) is 14.7. The van der Waals surface area contributed by atoms with Crippen LogP contribution in [0, 0.1) is 23.6 Å². The van der Waals surface area contributed by atoms with Crippen molar-refractivity contribution in [3.63, 3.8) is 0 Å². The van der Waals surface area contributed by atoms with Crippen molar-refractivity contribution in [1.82, 2.24) is 19.8 Å². The fraction of sp³-hybridized carbons (Fsp3) is 0.593. The van der Waals surface area contributed by atoms with Crippen molar-refractivity contribution < 1.29 is 22.7 Å². The Morgan fingerprint density at radius 3 is 2.57 bits per heavy atom. The molecule has 2 aliphatic rings. The van der Waals surface area contributed by atoms with E-state index in [0.29, 0.717) is 25.4 Å². The van der Waals surface area contributed by atoms with Crippen molar-refractivity contribution in [1.29, 1.82) is 0 Å². The SMILES string of the molecule is CC(C)[C@H](C(=O)O)N1C[C@H](CN2CCC(CCS(=O)(=O)c3cnccn3)CC2)[C@@H](c2cccc(F)c2)C1. The first-order valence-electron chi connectivity index (χ1n) is 13.1. The summed E-state index contributed by atoms with van der Waals surface area (Å²) in [6.07, 6.45) is 6.59. The predicted molar refractivity (Wildman–Crippen MR) is 138 cm³/mol. The molecule has 3 atom stereocenters. The smallest absolute Gasteiger partial charge is 0.321 e. The standard InChI is InChI=1S/C27H37FN4O4S/c1-19(2)26(27(33)34)32-17-22(24(18-32)21-4-3-5-23(28)14-21)16-31-11-6-20(7-12-31)8-13-37(35,36)25-15-29-9-10-30-25/h3-5,9-10,14-15,19-20,22,24,26H,6-8,11-13,16-18H2,1-2H3,(H,33,34)/t22-,24+,26+/m0/s1. The second-order valence-corrected chi connectivity index (χ2v) is 12.9. The molecule has 0 radical (unpaired) electrons. The highest BCUT2D eigenvalue weighted by Gasteiger charge is 2.41. The monoisotopic (exact) mass is 532 g/mol. The number of carboxylic acid groups (broad SMARTS) is 1. The fourth-order valence-corrected chi connectivity index (χ4v) is 7.25. The summed E-state index contributed by atoms with van der Waals surface area (Å²) < 4.78 is 39.2. The fourth-order valence-electron chi connectivity index (χ4n) is 5.96. The Morgan fingerprint density at radius 2 is 1.95 bits per heavy atom. The van der Waals surface area contributed by atoms with Gasteiger partial charge in [-0.15, -0.1) is 0 Å². The summed E-state index contributed by atoms with van der Waals surface area (Å²) in [7, 11) is -3.43. The van der Waals surface area contributed by atoms with Gasteiger partial charge in [0, 0.05) is 37.9 Å². The maximum atomic E-state index is 14.1. The summed E-state index contributed by atoms with van der Waals surface area (Å²) in [5, 5.41) is 9.89. The van der Waals surface area contributed by atoms with Crippen LogP contribution in [0.2, 0.25) is 0 Å². The second kappa shape index (κ2) is 12.0. The van der Waals surface area contributed by atoms with Crippen LogP contribution in [0.25, 0.3) is 0 Å². The molecule has 4 rings (SSSR count). The number of carboxylic acids is 1. The lowest BCUT2D eigenvalue weighted by Crippen LogP contribution is -2.44. The maximum Gasteiger partial charge on any atom is 0.321 e. The molecule has 0 bridgehead atoms. The minimum Gasteiger partial charge on any atom is -0.480 e. The third kappa shape index (κ3) is 6.91. The Kier molecular flexibility index (Phi) is 8.92. The lowest BCUT2D eigenvalue weighted by atomic mass is 9.87. The number of benzene rings is 1. The Balaban J connectivity index is 1.37. The number of piperidine rings is 1. The minimum absolute atomic E-state index is 0.0294. The van der Waals surface area contributed by atoms with Gasteiger partial charge < -0.3 is 10.0 Å². The van der Waals surface area contributed by atoms with Crippen molar-refractivity contribution in [3.8, 4) is 0 Å². The van der Waals surface area contributed by atoms with Crippen molar-refractivity contribution in [2.24, 2.45) is 17.8 Å². The molecule has 0 spiro atoms. The van der Waals surface area contributed by atoms with Crippen LogP contribution in [0.4, 0.5) is 4.39 Å². The summed E-state index contributed by atoms with van der Waals surface area (Å²) >= 11 is 0. The number of halogens is 1. The average Bonchev–Trinajstić information content (AvgIpc) is 3.26.